The summed E-state index contributed by atoms with van der Waals surface area (Å²) in [6, 6.07) is 5.59. The number of anilines is 1. The predicted octanol–water partition coefficient (Wildman–Crippen LogP) is 3.07. The number of fused-ring (bicyclic) bond motifs is 2. The van der Waals surface area contributed by atoms with E-state index in [-0.39, 0.29) is 12.5 Å². The Hall–Kier alpha value is -2.37. The second-order valence-electron chi connectivity index (χ2n) is 8.27. The van der Waals surface area contributed by atoms with Crippen LogP contribution in [0.1, 0.15) is 40.1 Å². The fraction of sp³-hybridized carbons (Fsp3) is 0.409. The van der Waals surface area contributed by atoms with Crippen molar-refractivity contribution in [3.8, 4) is 0 Å². The van der Waals surface area contributed by atoms with Gasteiger partial charge in [0.15, 0.2) is 0 Å². The summed E-state index contributed by atoms with van der Waals surface area (Å²) in [5, 5.41) is 12.3. The number of carbonyl (C=O) groups excluding carboxylic acids is 1. The Balaban J connectivity index is 1.47. The first-order chi connectivity index (χ1) is 13.0. The van der Waals surface area contributed by atoms with Crippen LogP contribution in [0.15, 0.2) is 18.2 Å². The number of hydrogen-bond acceptors (Lipinski definition) is 3. The van der Waals surface area contributed by atoms with Crippen molar-refractivity contribution < 1.29 is 9.90 Å². The number of aliphatic hydroxyl groups is 1. The van der Waals surface area contributed by atoms with Crippen molar-refractivity contribution in [3.63, 3.8) is 0 Å². The number of nitrogens with zero attached hydrogens (tertiary/aromatic N) is 1. The number of aromatic amines is 1. The highest BCUT2D eigenvalue weighted by Gasteiger charge is 2.44. The lowest BCUT2D eigenvalue weighted by Crippen LogP contribution is -2.22. The molecule has 140 valence electrons. The van der Waals surface area contributed by atoms with Gasteiger partial charge in [0.2, 0.25) is 0 Å². The van der Waals surface area contributed by atoms with Gasteiger partial charge in [0.25, 0.3) is 5.91 Å². The zero-order valence-corrected chi connectivity index (χ0v) is 15.8. The molecule has 2 aromatic rings. The number of benzene rings is 1. The number of hydrogen-bond donors (Lipinski definition) is 3. The minimum absolute atomic E-state index is 0.0304. The molecular formula is C22H25N3O2. The maximum Gasteiger partial charge on any atom is 0.256 e. The molecule has 2 atom stereocenters. The minimum Gasteiger partial charge on any atom is -0.392 e. The zero-order valence-electron chi connectivity index (χ0n) is 15.8. The Bertz CT molecular complexity index is 962. The second-order valence-corrected chi connectivity index (χ2v) is 8.27. The third kappa shape index (κ3) is 2.82. The number of amides is 1. The van der Waals surface area contributed by atoms with Crippen molar-refractivity contribution in [2.45, 2.75) is 33.4 Å². The maximum atomic E-state index is 12.5. The van der Waals surface area contributed by atoms with Crippen molar-refractivity contribution >= 4 is 23.2 Å². The summed E-state index contributed by atoms with van der Waals surface area (Å²) in [7, 11) is 0. The fourth-order valence-electron chi connectivity index (χ4n) is 4.67. The number of nitrogens with one attached hydrogen (secondary N) is 2. The average Bonchev–Trinajstić information content (AvgIpc) is 3.01. The van der Waals surface area contributed by atoms with E-state index in [0.717, 1.165) is 40.9 Å². The normalized spacial score (nSPS) is 25.0. The van der Waals surface area contributed by atoms with Gasteiger partial charge in [-0.1, -0.05) is 6.07 Å². The standard InChI is InChI=1S/C22H25N3O2/c1-12-19(10-25-8-15-6-16(15)9-25)13(2)23-21(12)7-18-17-5-14(11-26)3-4-20(17)24-22(18)27/h3-5,7,15-16,23,26H,6,8-11H2,1-2H3,(H,24,27). The van der Waals surface area contributed by atoms with Crippen LogP contribution in [0, 0.1) is 25.7 Å². The number of H-pyrrole nitrogens is 1. The molecule has 0 bridgehead atoms. The topological polar surface area (TPSA) is 68.4 Å². The van der Waals surface area contributed by atoms with Crippen LogP contribution >= 0.6 is 0 Å². The quantitative estimate of drug-likeness (QED) is 0.732. The molecule has 5 heteroatoms. The molecule has 3 aliphatic rings. The summed E-state index contributed by atoms with van der Waals surface area (Å²) in [5.41, 5.74) is 7.88. The molecule has 1 amide bonds. The first kappa shape index (κ1) is 16.8. The minimum atomic E-state index is -0.0899. The number of piperidine rings is 1. The van der Waals surface area contributed by atoms with Gasteiger partial charge in [-0.2, -0.15) is 0 Å². The number of likely N-dealkylation sites (tertiary alicyclic amines) is 1. The van der Waals surface area contributed by atoms with Crippen molar-refractivity contribution in [1.29, 1.82) is 0 Å². The molecule has 0 radical (unpaired) electrons. The Morgan fingerprint density at radius 2 is 2.04 bits per heavy atom. The predicted molar refractivity (Wildman–Crippen MR) is 106 cm³/mol. The lowest BCUT2D eigenvalue weighted by atomic mass is 10.0. The number of rotatable bonds is 4. The molecule has 0 spiro atoms. The highest BCUT2D eigenvalue weighted by atomic mass is 16.3. The van der Waals surface area contributed by atoms with Crippen LogP contribution in [0.5, 0.6) is 0 Å². The van der Waals surface area contributed by atoms with Crippen LogP contribution in [0.4, 0.5) is 5.69 Å². The Labute approximate surface area is 159 Å². The molecule has 5 nitrogen and oxygen atoms in total. The van der Waals surface area contributed by atoms with E-state index in [2.05, 4.69) is 29.0 Å². The number of aliphatic hydroxyl groups excluding tert-OH is 1. The highest BCUT2D eigenvalue weighted by Crippen LogP contribution is 2.45. The lowest BCUT2D eigenvalue weighted by molar-refractivity contribution is -0.110. The highest BCUT2D eigenvalue weighted by molar-refractivity contribution is 6.34. The molecule has 2 fully saturated rings. The summed E-state index contributed by atoms with van der Waals surface area (Å²) in [6.45, 7) is 7.67. The summed E-state index contributed by atoms with van der Waals surface area (Å²) in [6.07, 6.45) is 3.37. The lowest BCUT2D eigenvalue weighted by Gasteiger charge is -2.17. The summed E-state index contributed by atoms with van der Waals surface area (Å²) < 4.78 is 0. The molecule has 1 aromatic heterocycles. The third-order valence-corrected chi connectivity index (χ3v) is 6.41. The van der Waals surface area contributed by atoms with Crippen LogP contribution < -0.4 is 5.32 Å². The van der Waals surface area contributed by atoms with E-state index in [1.165, 1.54) is 36.3 Å². The van der Waals surface area contributed by atoms with E-state index in [4.69, 9.17) is 0 Å². The van der Waals surface area contributed by atoms with E-state index in [1.807, 2.05) is 24.3 Å². The molecule has 2 unspecified atom stereocenters. The molecule has 1 saturated heterocycles. The first-order valence-electron chi connectivity index (χ1n) is 9.71. The fourth-order valence-corrected chi connectivity index (χ4v) is 4.67. The van der Waals surface area contributed by atoms with Gasteiger partial charge in [-0.25, -0.2) is 0 Å². The molecule has 1 saturated carbocycles. The molecule has 2 aliphatic heterocycles. The van der Waals surface area contributed by atoms with Crippen LogP contribution in [-0.2, 0) is 17.9 Å². The van der Waals surface area contributed by atoms with Gasteiger partial charge in [-0.3, -0.25) is 9.69 Å². The van der Waals surface area contributed by atoms with Gasteiger partial charge in [-0.05, 0) is 67.0 Å². The van der Waals surface area contributed by atoms with Crippen LogP contribution in [0.3, 0.4) is 0 Å². The van der Waals surface area contributed by atoms with E-state index < -0.39 is 0 Å². The van der Waals surface area contributed by atoms with E-state index in [9.17, 15) is 9.90 Å². The van der Waals surface area contributed by atoms with Crippen LogP contribution in [0.25, 0.3) is 11.6 Å². The van der Waals surface area contributed by atoms with Crippen molar-refractivity contribution in [1.82, 2.24) is 9.88 Å². The molecule has 27 heavy (non-hydrogen) atoms. The van der Waals surface area contributed by atoms with Crippen LogP contribution in [-0.4, -0.2) is 34.0 Å². The summed E-state index contributed by atoms with van der Waals surface area (Å²) >= 11 is 0. The Morgan fingerprint density at radius 1 is 1.26 bits per heavy atom. The number of aromatic nitrogens is 1. The Morgan fingerprint density at radius 3 is 2.78 bits per heavy atom. The first-order valence-corrected chi connectivity index (χ1v) is 9.71. The average molecular weight is 363 g/mol. The van der Waals surface area contributed by atoms with E-state index >= 15 is 0 Å². The monoisotopic (exact) mass is 363 g/mol. The zero-order chi connectivity index (χ0) is 18.7. The smallest absolute Gasteiger partial charge is 0.256 e. The van der Waals surface area contributed by atoms with Crippen molar-refractivity contribution in [2.75, 3.05) is 18.4 Å². The molecule has 3 N–H and O–H groups in total. The molecule has 1 aromatic carbocycles. The van der Waals surface area contributed by atoms with Crippen LogP contribution in [0.2, 0.25) is 0 Å². The Kier molecular flexibility index (Phi) is 3.78. The molecule has 3 heterocycles. The molecule has 5 rings (SSSR count). The maximum absolute atomic E-state index is 12.5. The number of aryl methyl sites for hydroxylation is 1. The SMILES string of the molecule is Cc1[nH]c(C=C2C(=O)Nc3ccc(CO)cc32)c(C)c1CN1CC2CC2C1. The molecular weight excluding hydrogens is 338 g/mol. The van der Waals surface area contributed by atoms with Gasteiger partial charge in [-0.15, -0.1) is 0 Å². The van der Waals surface area contributed by atoms with Gasteiger partial charge in [0.05, 0.1) is 12.2 Å². The summed E-state index contributed by atoms with van der Waals surface area (Å²) in [4.78, 5) is 18.5. The van der Waals surface area contributed by atoms with E-state index in [1.54, 1.807) is 0 Å². The van der Waals surface area contributed by atoms with E-state index in [0.29, 0.717) is 5.57 Å². The number of carbonyl (C=O) groups is 1. The van der Waals surface area contributed by atoms with Gasteiger partial charge in [0, 0.05) is 42.3 Å². The summed E-state index contributed by atoms with van der Waals surface area (Å²) in [5.74, 6) is 1.78. The third-order valence-electron chi connectivity index (χ3n) is 6.41. The molecule has 1 aliphatic carbocycles. The second kappa shape index (κ2) is 6.08. The largest absolute Gasteiger partial charge is 0.392 e. The van der Waals surface area contributed by atoms with Gasteiger partial charge < -0.3 is 15.4 Å². The van der Waals surface area contributed by atoms with Crippen molar-refractivity contribution in [2.24, 2.45) is 11.8 Å². The van der Waals surface area contributed by atoms with Gasteiger partial charge >= 0.3 is 0 Å². The van der Waals surface area contributed by atoms with Crippen molar-refractivity contribution in [3.05, 3.63) is 51.8 Å². The van der Waals surface area contributed by atoms with Gasteiger partial charge in [0.1, 0.15) is 0 Å².